The third kappa shape index (κ3) is 4.11. The fourth-order valence-electron chi connectivity index (χ4n) is 4.17. The van der Waals surface area contributed by atoms with Gasteiger partial charge in [0.05, 0.1) is 5.71 Å². The number of benzene rings is 2. The third-order valence-corrected chi connectivity index (χ3v) is 5.79. The van der Waals surface area contributed by atoms with Crippen molar-refractivity contribution in [2.75, 3.05) is 26.2 Å². The van der Waals surface area contributed by atoms with E-state index in [2.05, 4.69) is 52.5 Å². The maximum atomic E-state index is 6.05. The molecule has 4 heteroatoms. The van der Waals surface area contributed by atoms with E-state index in [0.29, 0.717) is 18.4 Å². The predicted octanol–water partition coefficient (Wildman–Crippen LogP) is 4.76. The maximum Gasteiger partial charge on any atom is 0.117 e. The summed E-state index contributed by atoms with van der Waals surface area (Å²) in [6.45, 7) is 3.86. The van der Waals surface area contributed by atoms with E-state index >= 15 is 0 Å². The summed E-state index contributed by atoms with van der Waals surface area (Å²) in [7, 11) is 0. The summed E-state index contributed by atoms with van der Waals surface area (Å²) in [5.41, 5.74) is 3.94. The first-order chi connectivity index (χ1) is 12.8. The van der Waals surface area contributed by atoms with Crippen molar-refractivity contribution in [1.29, 1.82) is 0 Å². The smallest absolute Gasteiger partial charge is 0.117 e. The summed E-state index contributed by atoms with van der Waals surface area (Å²) in [6, 6.07) is 18.9. The van der Waals surface area contributed by atoms with Gasteiger partial charge in [0.25, 0.3) is 0 Å². The highest BCUT2D eigenvalue weighted by Gasteiger charge is 2.40. The minimum Gasteiger partial charge on any atom is -0.396 e. The lowest BCUT2D eigenvalue weighted by molar-refractivity contribution is 0.140. The van der Waals surface area contributed by atoms with E-state index in [4.69, 9.17) is 16.4 Å². The zero-order valence-corrected chi connectivity index (χ0v) is 15.7. The molecule has 3 atom stereocenters. The Morgan fingerprint density at radius 1 is 1.04 bits per heavy atom. The molecule has 0 aliphatic carbocycles. The molecule has 2 aromatic rings. The number of rotatable bonds is 6. The molecule has 2 unspecified atom stereocenters. The van der Waals surface area contributed by atoms with Gasteiger partial charge in [0.1, 0.15) is 6.61 Å². The molecule has 4 rings (SSSR count). The molecule has 0 spiro atoms. The summed E-state index contributed by atoms with van der Waals surface area (Å²) in [4.78, 5) is 8.18. The number of hydrogen-bond acceptors (Lipinski definition) is 3. The number of aryl methyl sites for hydroxylation is 1. The fraction of sp³-hybridized carbons (Fsp3) is 0.409. The topological polar surface area (TPSA) is 24.8 Å². The zero-order chi connectivity index (χ0) is 17.8. The van der Waals surface area contributed by atoms with Gasteiger partial charge in [0.15, 0.2) is 0 Å². The first-order valence-electron chi connectivity index (χ1n) is 9.50. The van der Waals surface area contributed by atoms with Crippen molar-refractivity contribution in [2.24, 2.45) is 11.1 Å². The van der Waals surface area contributed by atoms with E-state index in [9.17, 15) is 0 Å². The molecule has 0 aromatic heterocycles. The van der Waals surface area contributed by atoms with Crippen LogP contribution in [0, 0.1) is 5.92 Å². The molecule has 3 nitrogen and oxygen atoms in total. The van der Waals surface area contributed by atoms with E-state index in [1.54, 1.807) is 0 Å². The monoisotopic (exact) mass is 368 g/mol. The lowest BCUT2D eigenvalue weighted by Gasteiger charge is -2.30. The van der Waals surface area contributed by atoms with E-state index in [1.165, 1.54) is 23.3 Å². The predicted molar refractivity (Wildman–Crippen MR) is 107 cm³/mol. The Morgan fingerprint density at radius 2 is 1.85 bits per heavy atom. The maximum absolute atomic E-state index is 6.05. The second-order valence-corrected chi connectivity index (χ2v) is 7.73. The van der Waals surface area contributed by atoms with Crippen molar-refractivity contribution in [3.05, 3.63) is 70.7 Å². The lowest BCUT2D eigenvalue weighted by atomic mass is 9.81. The largest absolute Gasteiger partial charge is 0.396 e. The standard InChI is InChI=1S/C22H25ClN2O/c23-19-10-8-18(9-11-19)20-12-13-25-15-21(20)22(16-25)24-26-14-4-7-17-5-2-1-3-6-17/h1-3,5-6,8-11,20-21H,4,7,12-16H2/b24-22+/t20-,21?/m0/s1. The van der Waals surface area contributed by atoms with Gasteiger partial charge in [-0.15, -0.1) is 0 Å². The van der Waals surface area contributed by atoms with E-state index < -0.39 is 0 Å². The average Bonchev–Trinajstić information content (AvgIpc) is 2.99. The van der Waals surface area contributed by atoms with Gasteiger partial charge in [-0.25, -0.2) is 0 Å². The highest BCUT2D eigenvalue weighted by molar-refractivity contribution is 6.30. The molecule has 2 heterocycles. The van der Waals surface area contributed by atoms with Crippen LogP contribution in [0.25, 0.3) is 0 Å². The van der Waals surface area contributed by atoms with Crippen molar-refractivity contribution in [3.8, 4) is 0 Å². The Kier molecular flexibility index (Phi) is 5.57. The second-order valence-electron chi connectivity index (χ2n) is 7.29. The van der Waals surface area contributed by atoms with Gasteiger partial charge in [0, 0.05) is 24.0 Å². The number of halogens is 1. The van der Waals surface area contributed by atoms with Crippen molar-refractivity contribution in [3.63, 3.8) is 0 Å². The van der Waals surface area contributed by atoms with Gasteiger partial charge in [0.2, 0.25) is 0 Å². The lowest BCUT2D eigenvalue weighted by Crippen LogP contribution is -2.31. The number of piperidine rings is 1. The molecule has 26 heavy (non-hydrogen) atoms. The van der Waals surface area contributed by atoms with E-state index in [-0.39, 0.29) is 0 Å². The first-order valence-corrected chi connectivity index (χ1v) is 9.88. The minimum atomic E-state index is 0.471. The van der Waals surface area contributed by atoms with Crippen LogP contribution < -0.4 is 0 Å². The summed E-state index contributed by atoms with van der Waals surface area (Å²) in [6.07, 6.45) is 3.21. The van der Waals surface area contributed by atoms with Crippen LogP contribution in [0.5, 0.6) is 0 Å². The number of fused-ring (bicyclic) bond motifs is 2. The summed E-state index contributed by atoms with van der Waals surface area (Å²) in [5.74, 6) is 0.997. The highest BCUT2D eigenvalue weighted by atomic mass is 35.5. The molecular formula is C22H25ClN2O. The number of oxime groups is 1. The minimum absolute atomic E-state index is 0.471. The molecule has 2 saturated heterocycles. The summed E-state index contributed by atoms with van der Waals surface area (Å²) in [5, 5.41) is 5.34. The number of nitrogens with zero attached hydrogens (tertiary/aromatic N) is 2. The Balaban J connectivity index is 1.34. The summed E-state index contributed by atoms with van der Waals surface area (Å²) < 4.78 is 0. The van der Waals surface area contributed by atoms with Crippen LogP contribution in [0.1, 0.15) is 29.9 Å². The van der Waals surface area contributed by atoms with Gasteiger partial charge in [-0.3, -0.25) is 4.90 Å². The molecule has 2 fully saturated rings. The molecule has 136 valence electrons. The number of hydrogen-bond donors (Lipinski definition) is 0. The van der Waals surface area contributed by atoms with Crippen molar-refractivity contribution in [2.45, 2.75) is 25.2 Å². The molecule has 2 aromatic carbocycles. The van der Waals surface area contributed by atoms with Crippen LogP contribution in [0.4, 0.5) is 0 Å². The SMILES string of the molecule is Clc1ccc([C@@H]2CCN3C/C(=N\OCCCc4ccccc4)C2C3)cc1. The molecule has 0 amide bonds. The third-order valence-electron chi connectivity index (χ3n) is 5.53. The average molecular weight is 369 g/mol. The fourth-order valence-corrected chi connectivity index (χ4v) is 4.29. The van der Waals surface area contributed by atoms with Crippen LogP contribution in [0.2, 0.25) is 5.02 Å². The van der Waals surface area contributed by atoms with Crippen LogP contribution in [0.15, 0.2) is 59.8 Å². The molecule has 2 aliphatic heterocycles. The van der Waals surface area contributed by atoms with Gasteiger partial charge in [-0.1, -0.05) is 59.2 Å². The molecule has 0 N–H and O–H groups in total. The Hall–Kier alpha value is -1.84. The first kappa shape index (κ1) is 17.6. The highest BCUT2D eigenvalue weighted by Crippen LogP contribution is 2.38. The van der Waals surface area contributed by atoms with Crippen molar-refractivity contribution >= 4 is 17.3 Å². The normalized spacial score (nSPS) is 26.2. The van der Waals surface area contributed by atoms with Crippen molar-refractivity contribution < 1.29 is 4.84 Å². The molecule has 0 radical (unpaired) electrons. The van der Waals surface area contributed by atoms with Crippen LogP contribution in [-0.4, -0.2) is 36.9 Å². The van der Waals surface area contributed by atoms with Crippen LogP contribution in [-0.2, 0) is 11.3 Å². The van der Waals surface area contributed by atoms with Crippen LogP contribution >= 0.6 is 11.6 Å². The molecule has 0 saturated carbocycles. The molecular weight excluding hydrogens is 344 g/mol. The Morgan fingerprint density at radius 3 is 2.65 bits per heavy atom. The zero-order valence-electron chi connectivity index (χ0n) is 15.0. The summed E-state index contributed by atoms with van der Waals surface area (Å²) >= 11 is 6.05. The Labute approximate surface area is 160 Å². The van der Waals surface area contributed by atoms with Gasteiger partial charge in [-0.05, 0) is 55.0 Å². The van der Waals surface area contributed by atoms with E-state index in [1.807, 2.05) is 12.1 Å². The second kappa shape index (κ2) is 8.24. The Bertz CT molecular complexity index is 744. The molecule has 2 bridgehead atoms. The molecule has 2 aliphatic rings. The van der Waals surface area contributed by atoms with Gasteiger partial charge in [-0.2, -0.15) is 0 Å². The van der Waals surface area contributed by atoms with Crippen LogP contribution in [0.3, 0.4) is 0 Å². The van der Waals surface area contributed by atoms with E-state index in [0.717, 1.165) is 37.5 Å². The van der Waals surface area contributed by atoms with Gasteiger partial charge >= 0.3 is 0 Å². The quantitative estimate of drug-likeness (QED) is 0.542. The van der Waals surface area contributed by atoms with Gasteiger partial charge < -0.3 is 4.84 Å². The van der Waals surface area contributed by atoms with Crippen molar-refractivity contribution in [1.82, 2.24) is 4.90 Å².